The maximum atomic E-state index is 11.9. The Morgan fingerprint density at radius 1 is 1.26 bits per heavy atom. The molecular weight excluding hydrogens is 386 g/mol. The predicted molar refractivity (Wildman–Crippen MR) is 105 cm³/mol. The van der Waals surface area contributed by atoms with Gasteiger partial charge in [0.05, 0.1) is 5.69 Å². The van der Waals surface area contributed by atoms with E-state index in [1.54, 1.807) is 31.5 Å². The molecule has 27 heavy (non-hydrogen) atoms. The molecule has 0 atom stereocenters. The van der Waals surface area contributed by atoms with Crippen LogP contribution in [0.4, 0.5) is 0 Å². The van der Waals surface area contributed by atoms with E-state index in [4.69, 9.17) is 16.0 Å². The van der Waals surface area contributed by atoms with Crippen LogP contribution in [-0.2, 0) is 5.75 Å². The molecule has 0 bridgehead atoms. The maximum Gasteiger partial charge on any atom is 0.336 e. The van der Waals surface area contributed by atoms with Gasteiger partial charge in [-0.25, -0.2) is 4.79 Å². The maximum absolute atomic E-state index is 11.9. The Labute approximate surface area is 163 Å². The third-order valence-electron chi connectivity index (χ3n) is 4.18. The van der Waals surface area contributed by atoms with Crippen molar-refractivity contribution >= 4 is 34.3 Å². The first kappa shape index (κ1) is 17.6. The lowest BCUT2D eigenvalue weighted by atomic mass is 10.1. The highest BCUT2D eigenvalue weighted by molar-refractivity contribution is 7.98. The number of fused-ring (bicyclic) bond motifs is 1. The van der Waals surface area contributed by atoms with Gasteiger partial charge < -0.3 is 9.52 Å². The van der Waals surface area contributed by atoms with Crippen LogP contribution in [0.15, 0.2) is 63.2 Å². The van der Waals surface area contributed by atoms with E-state index >= 15 is 0 Å². The van der Waals surface area contributed by atoms with Crippen LogP contribution in [0.25, 0.3) is 16.7 Å². The molecule has 8 heteroatoms. The molecule has 0 fully saturated rings. The van der Waals surface area contributed by atoms with E-state index in [0.29, 0.717) is 27.1 Å². The van der Waals surface area contributed by atoms with Crippen LogP contribution in [0.1, 0.15) is 11.1 Å². The Hall–Kier alpha value is -2.77. The number of rotatable bonds is 4. The smallest absolute Gasteiger partial charge is 0.336 e. The number of hydrogen-bond donors (Lipinski definition) is 1. The van der Waals surface area contributed by atoms with Crippen molar-refractivity contribution in [2.24, 2.45) is 0 Å². The SMILES string of the molecule is Cc1c(O)ccc2c(CSc3nncn3-c3cccc(Cl)c3)cc(=O)oc12. The van der Waals surface area contributed by atoms with Gasteiger partial charge in [-0.05, 0) is 42.8 Å². The second-order valence-corrected chi connectivity index (χ2v) is 7.31. The molecule has 0 aliphatic carbocycles. The first-order valence-electron chi connectivity index (χ1n) is 8.07. The normalized spacial score (nSPS) is 11.2. The summed E-state index contributed by atoms with van der Waals surface area (Å²) in [6, 6.07) is 12.2. The van der Waals surface area contributed by atoms with Gasteiger partial charge in [-0.3, -0.25) is 4.57 Å². The predicted octanol–water partition coefficient (Wildman–Crippen LogP) is 4.33. The first-order valence-corrected chi connectivity index (χ1v) is 9.43. The minimum Gasteiger partial charge on any atom is -0.508 e. The summed E-state index contributed by atoms with van der Waals surface area (Å²) in [5.41, 5.74) is 2.14. The second-order valence-electron chi connectivity index (χ2n) is 5.93. The van der Waals surface area contributed by atoms with Crippen LogP contribution in [0.3, 0.4) is 0 Å². The van der Waals surface area contributed by atoms with E-state index in [2.05, 4.69) is 10.2 Å². The Bertz CT molecular complexity index is 1200. The van der Waals surface area contributed by atoms with Crippen LogP contribution in [0.5, 0.6) is 5.75 Å². The van der Waals surface area contributed by atoms with Gasteiger partial charge in [0, 0.05) is 27.8 Å². The number of aromatic hydroxyl groups is 1. The first-order chi connectivity index (χ1) is 13.0. The second kappa shape index (κ2) is 7.09. The third kappa shape index (κ3) is 3.43. The molecule has 0 amide bonds. The van der Waals surface area contributed by atoms with E-state index in [9.17, 15) is 9.90 Å². The molecule has 0 radical (unpaired) electrons. The van der Waals surface area contributed by atoms with E-state index in [0.717, 1.165) is 16.6 Å². The fourth-order valence-corrected chi connectivity index (χ4v) is 3.91. The summed E-state index contributed by atoms with van der Waals surface area (Å²) in [5, 5.41) is 20.1. The molecule has 2 heterocycles. The van der Waals surface area contributed by atoms with Gasteiger partial charge in [-0.15, -0.1) is 10.2 Å². The molecule has 4 rings (SSSR count). The Kier molecular flexibility index (Phi) is 4.63. The van der Waals surface area contributed by atoms with E-state index in [1.165, 1.54) is 17.8 Å². The molecule has 136 valence electrons. The van der Waals surface area contributed by atoms with Crippen molar-refractivity contribution in [3.8, 4) is 11.4 Å². The molecule has 0 aliphatic rings. The highest BCUT2D eigenvalue weighted by Crippen LogP contribution is 2.31. The summed E-state index contributed by atoms with van der Waals surface area (Å²) in [4.78, 5) is 11.9. The monoisotopic (exact) mass is 399 g/mol. The van der Waals surface area contributed by atoms with Crippen molar-refractivity contribution in [2.75, 3.05) is 0 Å². The average Bonchev–Trinajstić information content (AvgIpc) is 3.12. The number of hydrogen-bond acceptors (Lipinski definition) is 6. The average molecular weight is 400 g/mol. The molecule has 0 saturated carbocycles. The zero-order chi connectivity index (χ0) is 19.0. The lowest BCUT2D eigenvalue weighted by Crippen LogP contribution is -2.01. The van der Waals surface area contributed by atoms with Crippen molar-refractivity contribution < 1.29 is 9.52 Å². The summed E-state index contributed by atoms with van der Waals surface area (Å²) >= 11 is 7.52. The quantitative estimate of drug-likeness (QED) is 0.406. The van der Waals surface area contributed by atoms with Crippen LogP contribution >= 0.6 is 23.4 Å². The van der Waals surface area contributed by atoms with Crippen molar-refractivity contribution in [1.82, 2.24) is 14.8 Å². The van der Waals surface area contributed by atoms with Crippen molar-refractivity contribution in [3.63, 3.8) is 0 Å². The van der Waals surface area contributed by atoms with E-state index < -0.39 is 5.63 Å². The van der Waals surface area contributed by atoms with Gasteiger partial charge in [0.25, 0.3) is 0 Å². The number of thioether (sulfide) groups is 1. The molecule has 0 aliphatic heterocycles. The highest BCUT2D eigenvalue weighted by atomic mass is 35.5. The zero-order valence-electron chi connectivity index (χ0n) is 14.2. The molecule has 0 unspecified atom stereocenters. The molecule has 2 aromatic carbocycles. The number of phenolic OH excluding ortho intramolecular Hbond substituents is 1. The third-order valence-corrected chi connectivity index (χ3v) is 5.40. The zero-order valence-corrected chi connectivity index (χ0v) is 15.8. The number of benzene rings is 2. The lowest BCUT2D eigenvalue weighted by molar-refractivity contribution is 0.468. The van der Waals surface area contributed by atoms with E-state index in [1.807, 2.05) is 22.8 Å². The van der Waals surface area contributed by atoms with Crippen LogP contribution in [0.2, 0.25) is 5.02 Å². The molecule has 1 N–H and O–H groups in total. The van der Waals surface area contributed by atoms with Crippen LogP contribution in [-0.4, -0.2) is 19.9 Å². The summed E-state index contributed by atoms with van der Waals surface area (Å²) in [5.74, 6) is 0.585. The fourth-order valence-electron chi connectivity index (χ4n) is 2.80. The Morgan fingerprint density at radius 2 is 2.11 bits per heavy atom. The molecular formula is C19H14ClN3O3S. The minimum absolute atomic E-state index is 0.0937. The standard InChI is InChI=1S/C19H14ClN3O3S/c1-11-16(24)6-5-15-12(7-17(25)26-18(11)15)9-27-19-22-21-10-23(19)14-4-2-3-13(20)8-14/h2-8,10,24H,9H2,1H3. The number of nitrogens with zero attached hydrogens (tertiary/aromatic N) is 3. The molecule has 2 aromatic heterocycles. The summed E-state index contributed by atoms with van der Waals surface area (Å²) in [6.45, 7) is 1.72. The van der Waals surface area contributed by atoms with Crippen LogP contribution in [0, 0.1) is 6.92 Å². The highest BCUT2D eigenvalue weighted by Gasteiger charge is 2.13. The van der Waals surface area contributed by atoms with Gasteiger partial charge in [-0.2, -0.15) is 0 Å². The van der Waals surface area contributed by atoms with Gasteiger partial charge >= 0.3 is 5.63 Å². The van der Waals surface area contributed by atoms with Crippen molar-refractivity contribution in [3.05, 3.63) is 75.4 Å². The van der Waals surface area contributed by atoms with Gasteiger partial charge in [0.2, 0.25) is 0 Å². The minimum atomic E-state index is -0.455. The van der Waals surface area contributed by atoms with Gasteiger partial charge in [0.1, 0.15) is 17.7 Å². The number of aromatic nitrogens is 3. The fraction of sp³-hybridized carbons (Fsp3) is 0.105. The summed E-state index contributed by atoms with van der Waals surface area (Å²) in [6.07, 6.45) is 1.62. The molecule has 4 aromatic rings. The molecule has 0 saturated heterocycles. The molecule has 0 spiro atoms. The number of aryl methyl sites for hydroxylation is 1. The topological polar surface area (TPSA) is 81.2 Å². The largest absolute Gasteiger partial charge is 0.508 e. The van der Waals surface area contributed by atoms with Crippen molar-refractivity contribution in [1.29, 1.82) is 0 Å². The molecule has 6 nitrogen and oxygen atoms in total. The van der Waals surface area contributed by atoms with Gasteiger partial charge in [-0.1, -0.05) is 29.4 Å². The lowest BCUT2D eigenvalue weighted by Gasteiger charge is -2.09. The van der Waals surface area contributed by atoms with Crippen molar-refractivity contribution in [2.45, 2.75) is 17.8 Å². The Morgan fingerprint density at radius 3 is 2.93 bits per heavy atom. The van der Waals surface area contributed by atoms with Crippen LogP contribution < -0.4 is 5.63 Å². The van der Waals surface area contributed by atoms with Gasteiger partial charge in [0.15, 0.2) is 5.16 Å². The number of halogens is 1. The van der Waals surface area contributed by atoms with E-state index in [-0.39, 0.29) is 5.75 Å². The number of phenols is 1. The summed E-state index contributed by atoms with van der Waals surface area (Å²) < 4.78 is 7.12. The Balaban J connectivity index is 1.69. The summed E-state index contributed by atoms with van der Waals surface area (Å²) in [7, 11) is 0.